The van der Waals surface area contributed by atoms with Crippen molar-refractivity contribution in [3.63, 3.8) is 0 Å². The molecule has 4 aliphatic carbocycles. The van der Waals surface area contributed by atoms with Gasteiger partial charge in [0.25, 0.3) is 0 Å². The summed E-state index contributed by atoms with van der Waals surface area (Å²) in [6, 6.07) is 18.9. The van der Waals surface area contributed by atoms with Gasteiger partial charge in [0.15, 0.2) is 5.78 Å². The Hall–Kier alpha value is -1.89. The minimum Gasteiger partial charge on any atom is -0.294 e. The van der Waals surface area contributed by atoms with Crippen LogP contribution in [0.3, 0.4) is 0 Å². The van der Waals surface area contributed by atoms with Crippen LogP contribution >= 0.6 is 0 Å². The van der Waals surface area contributed by atoms with Crippen molar-refractivity contribution in [1.29, 1.82) is 0 Å². The van der Waals surface area contributed by atoms with Gasteiger partial charge in [0.1, 0.15) is 0 Å². The van der Waals surface area contributed by atoms with Crippen molar-refractivity contribution in [2.45, 2.75) is 71.6 Å². The molecule has 8 atom stereocenters. The normalized spacial score (nSPS) is 39.9. The smallest absolute Gasteiger partial charge is 0.166 e. The Kier molecular flexibility index (Phi) is 5.51. The van der Waals surface area contributed by atoms with Gasteiger partial charge in [-0.05, 0) is 103 Å². The molecule has 174 valence electrons. The van der Waals surface area contributed by atoms with Crippen LogP contribution in [-0.2, 0) is 0 Å². The predicted octanol–water partition coefficient (Wildman–Crippen LogP) is 8.44. The molecular weight excluding hydrogens is 400 g/mol. The summed E-state index contributed by atoms with van der Waals surface area (Å²) >= 11 is 0. The van der Waals surface area contributed by atoms with Crippen molar-refractivity contribution >= 4 is 5.78 Å². The van der Waals surface area contributed by atoms with Crippen molar-refractivity contribution in [3.05, 3.63) is 60.2 Å². The van der Waals surface area contributed by atoms with E-state index in [4.69, 9.17) is 0 Å². The first-order valence-corrected chi connectivity index (χ1v) is 13.7. The fourth-order valence-corrected chi connectivity index (χ4v) is 9.18. The van der Waals surface area contributed by atoms with Crippen LogP contribution < -0.4 is 0 Å². The second-order valence-corrected chi connectivity index (χ2v) is 12.3. The minimum absolute atomic E-state index is 0.213. The summed E-state index contributed by atoms with van der Waals surface area (Å²) in [5.74, 6) is 6.18. The number of carbonyl (C=O) groups excluding carboxylic acids is 1. The molecule has 33 heavy (non-hydrogen) atoms. The number of fused-ring (bicyclic) bond motifs is 5. The first-order chi connectivity index (χ1) is 16.0. The maximum Gasteiger partial charge on any atom is 0.166 e. The second-order valence-electron chi connectivity index (χ2n) is 12.3. The third kappa shape index (κ3) is 3.62. The third-order valence-electron chi connectivity index (χ3n) is 10.8. The summed E-state index contributed by atoms with van der Waals surface area (Å²) in [4.78, 5) is 13.8. The van der Waals surface area contributed by atoms with Crippen LogP contribution in [0.2, 0.25) is 0 Å². The Morgan fingerprint density at radius 2 is 1.48 bits per heavy atom. The zero-order valence-corrected chi connectivity index (χ0v) is 20.5. The lowest BCUT2D eigenvalue weighted by molar-refractivity contribution is -0.0634. The van der Waals surface area contributed by atoms with Gasteiger partial charge in [-0.15, -0.1) is 0 Å². The third-order valence-corrected chi connectivity index (χ3v) is 10.8. The van der Waals surface area contributed by atoms with E-state index in [1.54, 1.807) is 0 Å². The number of hydrogen-bond donors (Lipinski definition) is 0. The maximum atomic E-state index is 13.8. The molecule has 0 saturated heterocycles. The molecule has 0 N–H and O–H groups in total. The van der Waals surface area contributed by atoms with E-state index in [0.29, 0.717) is 5.78 Å². The van der Waals surface area contributed by atoms with E-state index in [1.807, 2.05) is 0 Å². The molecule has 4 fully saturated rings. The summed E-state index contributed by atoms with van der Waals surface area (Å²) < 4.78 is 0. The highest BCUT2D eigenvalue weighted by Gasteiger charge is 2.58. The van der Waals surface area contributed by atoms with E-state index in [1.165, 1.54) is 62.5 Å². The van der Waals surface area contributed by atoms with Crippen molar-refractivity contribution in [2.24, 2.45) is 46.8 Å². The summed E-state index contributed by atoms with van der Waals surface area (Å²) in [5.41, 5.74) is 3.55. The van der Waals surface area contributed by atoms with Crippen molar-refractivity contribution in [1.82, 2.24) is 0 Å². The molecule has 6 rings (SSSR count). The molecule has 4 saturated carbocycles. The lowest BCUT2D eigenvalue weighted by Gasteiger charge is -2.56. The molecule has 0 aliphatic heterocycles. The maximum absolute atomic E-state index is 13.8. The first kappa shape index (κ1) is 21.6. The average molecular weight is 441 g/mol. The highest BCUT2D eigenvalue weighted by molar-refractivity contribution is 5.99. The molecule has 4 aliphatic rings. The van der Waals surface area contributed by atoms with Gasteiger partial charge in [-0.3, -0.25) is 4.79 Å². The Morgan fingerprint density at radius 1 is 0.758 bits per heavy atom. The van der Waals surface area contributed by atoms with Crippen molar-refractivity contribution in [3.8, 4) is 11.1 Å². The van der Waals surface area contributed by atoms with E-state index in [0.717, 1.165) is 47.5 Å². The monoisotopic (exact) mass is 440 g/mol. The quantitative estimate of drug-likeness (QED) is 0.438. The van der Waals surface area contributed by atoms with Crippen LogP contribution in [0.1, 0.15) is 82.0 Å². The molecule has 1 heteroatoms. The summed E-state index contributed by atoms with van der Waals surface area (Å²) in [6.45, 7) is 4.97. The topological polar surface area (TPSA) is 17.1 Å². The fraction of sp³-hybridized carbons (Fsp3) is 0.594. The zero-order chi connectivity index (χ0) is 22.6. The van der Waals surface area contributed by atoms with Crippen LogP contribution in [0.5, 0.6) is 0 Å². The lowest BCUT2D eigenvalue weighted by Crippen LogP contribution is -2.49. The van der Waals surface area contributed by atoms with Crippen LogP contribution in [0.4, 0.5) is 0 Å². The molecule has 2 aromatic carbocycles. The molecule has 1 nitrogen and oxygen atoms in total. The highest BCUT2D eigenvalue weighted by Crippen LogP contribution is 2.64. The summed E-state index contributed by atoms with van der Waals surface area (Å²) in [5, 5.41) is 0. The van der Waals surface area contributed by atoms with E-state index in [9.17, 15) is 4.79 Å². The van der Waals surface area contributed by atoms with Crippen LogP contribution in [0.25, 0.3) is 11.1 Å². The van der Waals surface area contributed by atoms with Crippen LogP contribution in [-0.4, -0.2) is 5.78 Å². The Morgan fingerprint density at radius 3 is 2.27 bits per heavy atom. The number of hydrogen-bond acceptors (Lipinski definition) is 1. The molecule has 7 unspecified atom stereocenters. The zero-order valence-electron chi connectivity index (χ0n) is 20.5. The lowest BCUT2D eigenvalue weighted by atomic mass is 9.49. The largest absolute Gasteiger partial charge is 0.294 e. The van der Waals surface area contributed by atoms with E-state index >= 15 is 0 Å². The summed E-state index contributed by atoms with van der Waals surface area (Å²) in [7, 11) is 0. The number of carbonyl (C=O) groups is 1. The molecule has 0 radical (unpaired) electrons. The average Bonchev–Trinajstić information content (AvgIpc) is 3.21. The van der Waals surface area contributed by atoms with E-state index in [-0.39, 0.29) is 11.3 Å². The Balaban J connectivity index is 1.20. The fourth-order valence-electron chi connectivity index (χ4n) is 9.18. The SMILES string of the molecule is CC1CCC2C(CCC3C2CCC2(C)C3CC[C@@H]2C(=O)c2ccc(-c3ccccc3)cc2)C1. The van der Waals surface area contributed by atoms with Crippen LogP contribution in [0.15, 0.2) is 54.6 Å². The van der Waals surface area contributed by atoms with Gasteiger partial charge >= 0.3 is 0 Å². The predicted molar refractivity (Wildman–Crippen MR) is 136 cm³/mol. The van der Waals surface area contributed by atoms with Gasteiger partial charge in [-0.25, -0.2) is 0 Å². The van der Waals surface area contributed by atoms with Gasteiger partial charge in [0, 0.05) is 11.5 Å². The van der Waals surface area contributed by atoms with E-state index in [2.05, 4.69) is 68.4 Å². The van der Waals surface area contributed by atoms with Gasteiger partial charge in [0.05, 0.1) is 0 Å². The molecule has 0 spiro atoms. The van der Waals surface area contributed by atoms with Crippen LogP contribution in [0, 0.1) is 46.8 Å². The molecule has 0 bridgehead atoms. The minimum atomic E-state index is 0.213. The Labute approximate surface area is 200 Å². The molecule has 0 aromatic heterocycles. The van der Waals surface area contributed by atoms with Crippen molar-refractivity contribution in [2.75, 3.05) is 0 Å². The molecular formula is C32H40O. The Bertz CT molecular complexity index is 991. The number of rotatable bonds is 3. The summed E-state index contributed by atoms with van der Waals surface area (Å²) in [6.07, 6.45) is 12.3. The standard InChI is InChI=1S/C32H40O/c1-21-8-14-26-25(20-21)13-15-28-27(26)18-19-32(2)29(28)16-17-30(32)31(33)24-11-9-23(10-12-24)22-6-4-3-5-7-22/h3-7,9-12,21,25-30H,8,13-20H2,1-2H3/t21?,25?,26?,27?,28?,29?,30-,32?/m1/s1. The number of benzene rings is 2. The highest BCUT2D eigenvalue weighted by atomic mass is 16.1. The number of ketones is 1. The van der Waals surface area contributed by atoms with Crippen molar-refractivity contribution < 1.29 is 4.79 Å². The van der Waals surface area contributed by atoms with Gasteiger partial charge in [-0.1, -0.05) is 74.9 Å². The molecule has 2 aromatic rings. The first-order valence-electron chi connectivity index (χ1n) is 13.7. The molecule has 0 amide bonds. The van der Waals surface area contributed by atoms with Gasteiger partial charge in [-0.2, -0.15) is 0 Å². The van der Waals surface area contributed by atoms with E-state index < -0.39 is 0 Å². The molecule has 0 heterocycles. The van der Waals surface area contributed by atoms with Gasteiger partial charge < -0.3 is 0 Å². The number of Topliss-reactive ketones (excluding diaryl/α,β-unsaturated/α-hetero) is 1. The second kappa shape index (κ2) is 8.40. The van der Waals surface area contributed by atoms with Gasteiger partial charge in [0.2, 0.25) is 0 Å².